The Morgan fingerprint density at radius 2 is 2.17 bits per heavy atom. The number of rotatable bonds is 3. The highest BCUT2D eigenvalue weighted by Gasteiger charge is 2.31. The molecule has 18 heavy (non-hydrogen) atoms. The van der Waals surface area contributed by atoms with Crippen molar-refractivity contribution in [3.63, 3.8) is 0 Å². The van der Waals surface area contributed by atoms with Crippen molar-refractivity contribution in [2.75, 3.05) is 5.73 Å². The Morgan fingerprint density at radius 3 is 2.72 bits per heavy atom. The van der Waals surface area contributed by atoms with Gasteiger partial charge in [0.15, 0.2) is 0 Å². The van der Waals surface area contributed by atoms with Crippen molar-refractivity contribution in [1.29, 1.82) is 0 Å². The second-order valence-corrected chi connectivity index (χ2v) is 4.17. The van der Waals surface area contributed by atoms with Gasteiger partial charge in [-0.25, -0.2) is 4.98 Å². The summed E-state index contributed by atoms with van der Waals surface area (Å²) in [5, 5.41) is 2.19. The normalized spacial score (nSPS) is 13.2. The van der Waals surface area contributed by atoms with E-state index in [0.717, 1.165) is 0 Å². The van der Waals surface area contributed by atoms with E-state index in [1.165, 1.54) is 19.1 Å². The minimum atomic E-state index is -4.35. The van der Waals surface area contributed by atoms with E-state index >= 15 is 0 Å². The Morgan fingerprint density at radius 1 is 1.56 bits per heavy atom. The van der Waals surface area contributed by atoms with Gasteiger partial charge in [0.05, 0.1) is 11.4 Å². The highest BCUT2D eigenvalue weighted by atomic mass is 35.5. The van der Waals surface area contributed by atoms with E-state index in [9.17, 15) is 18.0 Å². The van der Waals surface area contributed by atoms with Gasteiger partial charge in [-0.05, 0) is 19.1 Å². The largest absolute Gasteiger partial charge is 0.391 e. The molecule has 8 heteroatoms. The lowest BCUT2D eigenvalue weighted by Gasteiger charge is -2.15. The number of alkyl halides is 3. The molecule has 1 heterocycles. The molecule has 1 aromatic heterocycles. The number of aromatic nitrogens is 1. The van der Waals surface area contributed by atoms with E-state index in [4.69, 9.17) is 17.3 Å². The Labute approximate surface area is 106 Å². The smallest absolute Gasteiger partial charge is 0.384 e. The summed E-state index contributed by atoms with van der Waals surface area (Å²) in [6.07, 6.45) is -5.47. The van der Waals surface area contributed by atoms with Gasteiger partial charge in [-0.2, -0.15) is 13.2 Å². The first-order valence-corrected chi connectivity index (χ1v) is 5.36. The molecule has 0 radical (unpaired) electrons. The van der Waals surface area contributed by atoms with Crippen molar-refractivity contribution in [1.82, 2.24) is 10.3 Å². The van der Waals surface area contributed by atoms with E-state index < -0.39 is 24.5 Å². The van der Waals surface area contributed by atoms with Crippen LogP contribution in [0.3, 0.4) is 0 Å². The van der Waals surface area contributed by atoms with Crippen LogP contribution >= 0.6 is 11.6 Å². The average Bonchev–Trinajstić information content (AvgIpc) is 2.18. The molecule has 0 saturated carbocycles. The molecule has 1 unspecified atom stereocenters. The SMILES string of the molecule is CC(CC(F)(F)F)NC(=O)c1nc(N)ccc1Cl. The fourth-order valence-electron chi connectivity index (χ4n) is 1.31. The Bertz CT molecular complexity index is 450. The topological polar surface area (TPSA) is 68.0 Å². The Balaban J connectivity index is 2.74. The van der Waals surface area contributed by atoms with Crippen molar-refractivity contribution in [2.45, 2.75) is 25.6 Å². The maximum Gasteiger partial charge on any atom is 0.391 e. The number of pyridine rings is 1. The molecule has 1 rings (SSSR count). The maximum atomic E-state index is 12.1. The molecule has 0 fully saturated rings. The molecule has 0 aliphatic heterocycles. The first-order chi connectivity index (χ1) is 8.19. The first-order valence-electron chi connectivity index (χ1n) is 4.98. The van der Waals surface area contributed by atoms with Gasteiger partial charge in [0.2, 0.25) is 0 Å². The fourth-order valence-corrected chi connectivity index (χ4v) is 1.50. The van der Waals surface area contributed by atoms with Crippen molar-refractivity contribution in [2.24, 2.45) is 0 Å². The monoisotopic (exact) mass is 281 g/mol. The molecule has 0 spiro atoms. The highest BCUT2D eigenvalue weighted by molar-refractivity contribution is 6.33. The predicted molar refractivity (Wildman–Crippen MR) is 61.3 cm³/mol. The number of hydrogen-bond acceptors (Lipinski definition) is 3. The number of nitrogens with two attached hydrogens (primary N) is 1. The third kappa shape index (κ3) is 4.40. The summed E-state index contributed by atoms with van der Waals surface area (Å²) < 4.78 is 36.3. The van der Waals surface area contributed by atoms with E-state index in [-0.39, 0.29) is 16.5 Å². The third-order valence-electron chi connectivity index (χ3n) is 2.00. The molecule has 0 saturated heterocycles. The number of nitrogen functional groups attached to an aromatic ring is 1. The lowest BCUT2D eigenvalue weighted by Crippen LogP contribution is -2.36. The maximum absolute atomic E-state index is 12.1. The summed E-state index contributed by atoms with van der Waals surface area (Å²) in [5.74, 6) is -0.725. The van der Waals surface area contributed by atoms with Crippen LogP contribution in [0.15, 0.2) is 12.1 Å². The lowest BCUT2D eigenvalue weighted by molar-refractivity contribution is -0.138. The van der Waals surface area contributed by atoms with Crippen LogP contribution in [0.4, 0.5) is 19.0 Å². The zero-order valence-corrected chi connectivity index (χ0v) is 10.1. The van der Waals surface area contributed by atoms with Crippen LogP contribution in [0.5, 0.6) is 0 Å². The van der Waals surface area contributed by atoms with Crippen molar-refractivity contribution in [3.05, 3.63) is 22.8 Å². The van der Waals surface area contributed by atoms with Gasteiger partial charge in [-0.15, -0.1) is 0 Å². The molecule has 0 aliphatic rings. The van der Waals surface area contributed by atoms with Gasteiger partial charge in [0.1, 0.15) is 11.5 Å². The molecule has 4 nitrogen and oxygen atoms in total. The van der Waals surface area contributed by atoms with Crippen LogP contribution < -0.4 is 11.1 Å². The van der Waals surface area contributed by atoms with E-state index in [1.54, 1.807) is 0 Å². The van der Waals surface area contributed by atoms with Gasteiger partial charge in [-0.3, -0.25) is 4.79 Å². The number of halogens is 4. The number of hydrogen-bond donors (Lipinski definition) is 2. The van der Waals surface area contributed by atoms with E-state index in [1.807, 2.05) is 0 Å². The van der Waals surface area contributed by atoms with E-state index in [0.29, 0.717) is 0 Å². The Kier molecular flexibility index (Phi) is 4.39. The molecule has 1 amide bonds. The second-order valence-electron chi connectivity index (χ2n) is 3.76. The molecule has 3 N–H and O–H groups in total. The predicted octanol–water partition coefficient (Wildman–Crippen LogP) is 2.39. The lowest BCUT2D eigenvalue weighted by atomic mass is 10.2. The molecule has 0 aromatic carbocycles. The summed E-state index contributed by atoms with van der Waals surface area (Å²) in [6, 6.07) is 1.67. The molecule has 0 aliphatic carbocycles. The van der Waals surface area contributed by atoms with Gasteiger partial charge in [-0.1, -0.05) is 11.6 Å². The second kappa shape index (κ2) is 5.43. The van der Waals surface area contributed by atoms with Crippen LogP contribution in [0.2, 0.25) is 5.02 Å². The zero-order chi connectivity index (χ0) is 13.9. The summed E-state index contributed by atoms with van der Waals surface area (Å²) in [5.41, 5.74) is 5.18. The first kappa shape index (κ1) is 14.6. The quantitative estimate of drug-likeness (QED) is 0.894. The summed E-state index contributed by atoms with van der Waals surface area (Å²) in [4.78, 5) is 15.3. The summed E-state index contributed by atoms with van der Waals surface area (Å²) >= 11 is 5.71. The average molecular weight is 282 g/mol. The van der Waals surface area contributed by atoms with Crippen LogP contribution in [0.1, 0.15) is 23.8 Å². The molecular weight excluding hydrogens is 271 g/mol. The molecular formula is C10H11ClF3N3O. The Hall–Kier alpha value is -1.50. The van der Waals surface area contributed by atoms with Crippen molar-refractivity contribution < 1.29 is 18.0 Å². The third-order valence-corrected chi connectivity index (χ3v) is 2.30. The standard InChI is InChI=1S/C10H11ClF3N3O/c1-5(4-10(12,13)14)16-9(18)8-6(11)2-3-7(15)17-8/h2-3,5H,4H2,1H3,(H2,15,17)(H,16,18). The fraction of sp³-hybridized carbons (Fsp3) is 0.400. The minimum Gasteiger partial charge on any atom is -0.384 e. The zero-order valence-electron chi connectivity index (χ0n) is 9.38. The van der Waals surface area contributed by atoms with Gasteiger partial charge < -0.3 is 11.1 Å². The van der Waals surface area contributed by atoms with Crippen LogP contribution in [-0.2, 0) is 0 Å². The molecule has 1 atom stereocenters. The number of nitrogens with zero attached hydrogens (tertiary/aromatic N) is 1. The van der Waals surface area contributed by atoms with Crippen molar-refractivity contribution in [3.8, 4) is 0 Å². The molecule has 1 aromatic rings. The van der Waals surface area contributed by atoms with Crippen LogP contribution in [0.25, 0.3) is 0 Å². The van der Waals surface area contributed by atoms with Crippen molar-refractivity contribution >= 4 is 23.3 Å². The van der Waals surface area contributed by atoms with Gasteiger partial charge in [0, 0.05) is 6.04 Å². The van der Waals surface area contributed by atoms with E-state index in [2.05, 4.69) is 10.3 Å². The van der Waals surface area contributed by atoms with Gasteiger partial charge >= 0.3 is 6.18 Å². The number of amides is 1. The van der Waals surface area contributed by atoms with Gasteiger partial charge in [0.25, 0.3) is 5.91 Å². The number of carbonyl (C=O) groups excluding carboxylic acids is 1. The molecule has 100 valence electrons. The number of anilines is 1. The summed E-state index contributed by atoms with van der Waals surface area (Å²) in [7, 11) is 0. The number of nitrogens with one attached hydrogen (secondary N) is 1. The summed E-state index contributed by atoms with van der Waals surface area (Å²) in [6.45, 7) is 1.24. The highest BCUT2D eigenvalue weighted by Crippen LogP contribution is 2.22. The minimum absolute atomic E-state index is 0.0286. The molecule has 0 bridgehead atoms. The van der Waals surface area contributed by atoms with Crippen LogP contribution in [0, 0.1) is 0 Å². The van der Waals surface area contributed by atoms with Crippen LogP contribution in [-0.4, -0.2) is 23.1 Å². The number of carbonyl (C=O) groups is 1.